The molecule has 3 N–H and O–H groups in total. The molecule has 0 spiro atoms. The number of hydrogen-bond acceptors (Lipinski definition) is 7. The Kier molecular flexibility index (Phi) is 5.30. The van der Waals surface area contributed by atoms with Crippen molar-refractivity contribution in [1.82, 2.24) is 0 Å². The van der Waals surface area contributed by atoms with E-state index < -0.39 is 23.2 Å². The van der Waals surface area contributed by atoms with Crippen LogP contribution in [-0.2, 0) is 22.4 Å². The van der Waals surface area contributed by atoms with Crippen LogP contribution in [0.4, 0.5) is 0 Å². The highest BCUT2D eigenvalue weighted by Crippen LogP contribution is 2.38. The number of rotatable bonds is 6. The zero-order chi connectivity index (χ0) is 19.6. The van der Waals surface area contributed by atoms with E-state index in [0.29, 0.717) is 30.1 Å². The fraction of sp³-hybridized carbons (Fsp3) is 0.350. The predicted molar refractivity (Wildman–Crippen MR) is 96.3 cm³/mol. The summed E-state index contributed by atoms with van der Waals surface area (Å²) in [4.78, 5) is 12.2. The number of methoxy groups -OCH3 is 2. The van der Waals surface area contributed by atoms with Gasteiger partial charge in [0.1, 0.15) is 0 Å². The minimum Gasteiger partial charge on any atom is -0.504 e. The summed E-state index contributed by atoms with van der Waals surface area (Å²) in [6.07, 6.45) is 0.894. The zero-order valence-electron chi connectivity index (χ0n) is 15.1. The van der Waals surface area contributed by atoms with Gasteiger partial charge in [0.25, 0.3) is 0 Å². The van der Waals surface area contributed by atoms with Crippen LogP contribution in [0.3, 0.4) is 0 Å². The maximum Gasteiger partial charge on any atom is 0.309 e. The van der Waals surface area contributed by atoms with Crippen LogP contribution in [0.2, 0.25) is 0 Å². The highest BCUT2D eigenvalue weighted by molar-refractivity contribution is 5.75. The third-order valence-corrected chi connectivity index (χ3v) is 4.84. The quantitative estimate of drug-likeness (QED) is 0.527. The number of carbonyl (C=O) groups excluding carboxylic acids is 1. The molecular weight excluding hydrogens is 352 g/mol. The van der Waals surface area contributed by atoms with E-state index in [1.54, 1.807) is 14.2 Å². The number of phenols is 3. The van der Waals surface area contributed by atoms with E-state index in [1.165, 1.54) is 12.1 Å². The summed E-state index contributed by atoms with van der Waals surface area (Å²) in [5, 5.41) is 28.8. The SMILES string of the molecule is COc1ccc(C[C@H]2COC(=O)[C@@H]2Cc2cc(O)c(O)c(O)c2)cc1OC. The Morgan fingerprint density at radius 2 is 1.63 bits per heavy atom. The zero-order valence-corrected chi connectivity index (χ0v) is 15.1. The molecule has 2 aromatic rings. The molecule has 27 heavy (non-hydrogen) atoms. The highest BCUT2D eigenvalue weighted by atomic mass is 16.5. The minimum atomic E-state index is -0.574. The van der Waals surface area contributed by atoms with Crippen molar-refractivity contribution in [2.24, 2.45) is 11.8 Å². The van der Waals surface area contributed by atoms with Crippen molar-refractivity contribution in [3.05, 3.63) is 41.5 Å². The molecule has 1 saturated heterocycles. The molecule has 1 fully saturated rings. The van der Waals surface area contributed by atoms with Gasteiger partial charge in [-0.1, -0.05) is 6.07 Å². The predicted octanol–water partition coefficient (Wildman–Crippen LogP) is 2.40. The second kappa shape index (κ2) is 7.65. The maximum atomic E-state index is 12.2. The van der Waals surface area contributed by atoms with Crippen molar-refractivity contribution >= 4 is 5.97 Å². The third-order valence-electron chi connectivity index (χ3n) is 4.84. The minimum absolute atomic E-state index is 0.0614. The molecule has 1 heterocycles. The molecular formula is C20H22O7. The number of aromatic hydroxyl groups is 3. The summed E-state index contributed by atoms with van der Waals surface area (Å²) in [5.74, 6) is -0.963. The number of benzene rings is 2. The Morgan fingerprint density at radius 3 is 2.26 bits per heavy atom. The van der Waals surface area contributed by atoms with Crippen LogP contribution in [0, 0.1) is 11.8 Å². The van der Waals surface area contributed by atoms with Crippen LogP contribution < -0.4 is 9.47 Å². The molecule has 2 atom stereocenters. The first-order valence-electron chi connectivity index (χ1n) is 8.54. The first-order valence-corrected chi connectivity index (χ1v) is 8.54. The summed E-state index contributed by atoms with van der Waals surface area (Å²) in [7, 11) is 3.13. The van der Waals surface area contributed by atoms with E-state index in [-0.39, 0.29) is 18.3 Å². The van der Waals surface area contributed by atoms with E-state index in [2.05, 4.69) is 0 Å². The molecule has 1 aliphatic heterocycles. The van der Waals surface area contributed by atoms with Crippen LogP contribution >= 0.6 is 0 Å². The van der Waals surface area contributed by atoms with Crippen molar-refractivity contribution in [3.63, 3.8) is 0 Å². The summed E-state index contributed by atoms with van der Waals surface area (Å²) < 4.78 is 15.8. The largest absolute Gasteiger partial charge is 0.504 e. The lowest BCUT2D eigenvalue weighted by Gasteiger charge is -2.17. The second-order valence-corrected chi connectivity index (χ2v) is 6.58. The Hall–Kier alpha value is -3.09. The van der Waals surface area contributed by atoms with E-state index in [1.807, 2.05) is 18.2 Å². The van der Waals surface area contributed by atoms with E-state index >= 15 is 0 Å². The fourth-order valence-electron chi connectivity index (χ4n) is 3.40. The van der Waals surface area contributed by atoms with Gasteiger partial charge in [-0.05, 0) is 48.2 Å². The number of cyclic esters (lactones) is 1. The van der Waals surface area contributed by atoms with Gasteiger partial charge < -0.3 is 29.5 Å². The van der Waals surface area contributed by atoms with Gasteiger partial charge in [0.2, 0.25) is 0 Å². The number of phenolic OH excluding ortho intramolecular Hbond substituents is 3. The standard InChI is InChI=1S/C20H22O7/c1-25-17-4-3-11(9-18(17)26-2)5-13-10-27-20(24)14(13)6-12-7-15(21)19(23)16(22)8-12/h3-4,7-9,13-14,21-23H,5-6,10H2,1-2H3/t13-,14+/m0/s1. The third kappa shape index (κ3) is 3.86. The van der Waals surface area contributed by atoms with E-state index in [4.69, 9.17) is 14.2 Å². The number of esters is 1. The number of carbonyl (C=O) groups is 1. The maximum absolute atomic E-state index is 12.2. The Morgan fingerprint density at radius 1 is 0.963 bits per heavy atom. The Balaban J connectivity index is 1.79. The van der Waals surface area contributed by atoms with Crippen LogP contribution in [0.1, 0.15) is 11.1 Å². The average Bonchev–Trinajstić information content (AvgIpc) is 2.99. The molecule has 2 aromatic carbocycles. The lowest BCUT2D eigenvalue weighted by molar-refractivity contribution is -0.141. The van der Waals surface area contributed by atoms with Crippen LogP contribution in [0.15, 0.2) is 30.3 Å². The highest BCUT2D eigenvalue weighted by Gasteiger charge is 2.37. The Bertz CT molecular complexity index is 823. The normalized spacial score (nSPS) is 19.0. The van der Waals surface area contributed by atoms with Gasteiger partial charge in [-0.2, -0.15) is 0 Å². The topological polar surface area (TPSA) is 105 Å². The monoisotopic (exact) mass is 374 g/mol. The molecule has 0 aliphatic carbocycles. The van der Waals surface area contributed by atoms with Crippen LogP contribution in [0.5, 0.6) is 28.7 Å². The average molecular weight is 374 g/mol. The van der Waals surface area contributed by atoms with Gasteiger partial charge in [0, 0.05) is 5.92 Å². The van der Waals surface area contributed by atoms with E-state index in [9.17, 15) is 20.1 Å². The van der Waals surface area contributed by atoms with Crippen molar-refractivity contribution < 1.29 is 34.3 Å². The molecule has 1 aliphatic rings. The van der Waals surface area contributed by atoms with Gasteiger partial charge in [-0.15, -0.1) is 0 Å². The smallest absolute Gasteiger partial charge is 0.309 e. The fourth-order valence-corrected chi connectivity index (χ4v) is 3.40. The van der Waals surface area contributed by atoms with Gasteiger partial charge in [0.05, 0.1) is 26.7 Å². The summed E-state index contributed by atoms with van der Waals surface area (Å²) >= 11 is 0. The van der Waals surface area contributed by atoms with Crippen molar-refractivity contribution in [2.45, 2.75) is 12.8 Å². The second-order valence-electron chi connectivity index (χ2n) is 6.58. The van der Waals surface area contributed by atoms with Gasteiger partial charge in [-0.25, -0.2) is 0 Å². The van der Waals surface area contributed by atoms with Crippen molar-refractivity contribution in [3.8, 4) is 28.7 Å². The van der Waals surface area contributed by atoms with Gasteiger partial charge in [0.15, 0.2) is 28.7 Å². The molecule has 0 unspecified atom stereocenters. The number of ether oxygens (including phenoxy) is 3. The molecule has 3 rings (SSSR count). The van der Waals surface area contributed by atoms with E-state index in [0.717, 1.165) is 5.56 Å². The van der Waals surface area contributed by atoms with Gasteiger partial charge >= 0.3 is 5.97 Å². The lowest BCUT2D eigenvalue weighted by atomic mass is 9.85. The molecule has 0 saturated carbocycles. The van der Waals surface area contributed by atoms with Gasteiger partial charge in [-0.3, -0.25) is 4.79 Å². The van der Waals surface area contributed by atoms with Crippen LogP contribution in [0.25, 0.3) is 0 Å². The molecule has 0 aromatic heterocycles. The van der Waals surface area contributed by atoms with Crippen LogP contribution in [-0.4, -0.2) is 42.1 Å². The first-order chi connectivity index (χ1) is 12.9. The van der Waals surface area contributed by atoms with Crippen molar-refractivity contribution in [1.29, 1.82) is 0 Å². The Labute approximate surface area is 156 Å². The molecule has 0 bridgehead atoms. The molecule has 144 valence electrons. The summed E-state index contributed by atoms with van der Waals surface area (Å²) in [6.45, 7) is 0.299. The summed E-state index contributed by atoms with van der Waals surface area (Å²) in [6, 6.07) is 8.29. The number of hydrogen-bond donors (Lipinski definition) is 3. The first kappa shape index (κ1) is 18.7. The molecule has 7 nitrogen and oxygen atoms in total. The summed E-state index contributed by atoms with van der Waals surface area (Å²) in [5.41, 5.74) is 1.53. The van der Waals surface area contributed by atoms with Crippen molar-refractivity contribution in [2.75, 3.05) is 20.8 Å². The lowest BCUT2D eigenvalue weighted by Crippen LogP contribution is -2.20. The molecule has 0 radical (unpaired) electrons. The molecule has 0 amide bonds. The molecule has 7 heteroatoms.